The number of aliphatic hydroxyl groups is 1. The van der Waals surface area contributed by atoms with E-state index >= 15 is 0 Å². The number of carbonyl (C=O) groups is 1. The molecule has 2 saturated heterocycles. The average molecular weight is 432 g/mol. The predicted octanol–water partition coefficient (Wildman–Crippen LogP) is 2.86. The van der Waals surface area contributed by atoms with Crippen molar-refractivity contribution in [1.82, 2.24) is 24.6 Å². The molecule has 2 aliphatic heterocycles. The number of likely N-dealkylation sites (tertiary alicyclic amines) is 2. The van der Waals surface area contributed by atoms with Gasteiger partial charge in [0, 0.05) is 31.2 Å². The lowest BCUT2D eigenvalue weighted by molar-refractivity contribution is -0.0553. The van der Waals surface area contributed by atoms with E-state index in [4.69, 9.17) is 0 Å². The van der Waals surface area contributed by atoms with Gasteiger partial charge in [0.1, 0.15) is 18.3 Å². The topological polar surface area (TPSA) is 74.5 Å². The molecule has 1 atom stereocenters. The molecule has 166 valence electrons. The molecule has 7 nitrogen and oxygen atoms in total. The summed E-state index contributed by atoms with van der Waals surface area (Å²) < 4.78 is 1.68. The van der Waals surface area contributed by atoms with Gasteiger partial charge in [-0.25, -0.2) is 9.67 Å². The summed E-state index contributed by atoms with van der Waals surface area (Å²) >= 11 is 0. The summed E-state index contributed by atoms with van der Waals surface area (Å²) in [6, 6.07) is 17.9. The van der Waals surface area contributed by atoms with Crippen LogP contribution in [-0.2, 0) is 5.60 Å². The van der Waals surface area contributed by atoms with Gasteiger partial charge in [-0.15, -0.1) is 0 Å². The number of hydrogen-bond acceptors (Lipinski definition) is 5. The van der Waals surface area contributed by atoms with E-state index in [2.05, 4.69) is 15.0 Å². The van der Waals surface area contributed by atoms with Crippen LogP contribution in [0.2, 0.25) is 0 Å². The highest BCUT2D eigenvalue weighted by Crippen LogP contribution is 2.34. The first-order valence-electron chi connectivity index (χ1n) is 11.4. The van der Waals surface area contributed by atoms with Crippen LogP contribution in [-0.4, -0.2) is 67.8 Å². The fourth-order valence-corrected chi connectivity index (χ4v) is 5.08. The molecule has 0 radical (unpaired) electrons. The maximum atomic E-state index is 13.0. The molecule has 1 aromatic heterocycles. The number of β-amino-alcohol motifs (C(OH)–C–C–N with tert-alkyl or cyclic N) is 1. The summed E-state index contributed by atoms with van der Waals surface area (Å²) in [5, 5.41) is 15.4. The number of amides is 1. The van der Waals surface area contributed by atoms with Crippen molar-refractivity contribution >= 4 is 5.91 Å². The minimum atomic E-state index is -0.779. The Kier molecular flexibility index (Phi) is 5.76. The minimum Gasteiger partial charge on any atom is -0.384 e. The standard InChI is InChI=1S/C25H29N5O2/c31-24(20-7-9-23(10-8-20)30-19-26-18-27-30)28-15-11-22(12-16-28)29-14-4-13-25(32,17-29)21-5-2-1-3-6-21/h1-3,5-10,18-19,22,32H,4,11-17H2/t25-/m0/s1. The molecule has 1 amide bonds. The summed E-state index contributed by atoms with van der Waals surface area (Å²) in [4.78, 5) is 21.4. The molecular weight excluding hydrogens is 402 g/mol. The number of hydrogen-bond donors (Lipinski definition) is 1. The van der Waals surface area contributed by atoms with Crippen LogP contribution in [0.15, 0.2) is 67.3 Å². The average Bonchev–Trinajstić information content (AvgIpc) is 3.40. The van der Waals surface area contributed by atoms with Crippen molar-refractivity contribution in [3.8, 4) is 5.69 Å². The van der Waals surface area contributed by atoms with Crippen LogP contribution in [0.1, 0.15) is 41.6 Å². The van der Waals surface area contributed by atoms with Gasteiger partial charge < -0.3 is 10.0 Å². The van der Waals surface area contributed by atoms with Gasteiger partial charge in [0.25, 0.3) is 5.91 Å². The zero-order chi connectivity index (χ0) is 22.0. The molecule has 7 heteroatoms. The molecule has 2 aliphatic rings. The fraction of sp³-hybridized carbons (Fsp3) is 0.400. The molecule has 0 saturated carbocycles. The van der Waals surface area contributed by atoms with Crippen LogP contribution >= 0.6 is 0 Å². The Balaban J connectivity index is 1.19. The molecule has 0 bridgehead atoms. The van der Waals surface area contributed by atoms with Crippen LogP contribution in [0.5, 0.6) is 0 Å². The Morgan fingerprint density at radius 3 is 2.44 bits per heavy atom. The van der Waals surface area contributed by atoms with Crippen molar-refractivity contribution in [2.24, 2.45) is 0 Å². The molecule has 3 heterocycles. The Morgan fingerprint density at radius 1 is 1.00 bits per heavy atom. The van der Waals surface area contributed by atoms with E-state index in [1.807, 2.05) is 59.5 Å². The maximum absolute atomic E-state index is 13.0. The Morgan fingerprint density at radius 2 is 1.75 bits per heavy atom. The number of nitrogens with zero attached hydrogens (tertiary/aromatic N) is 5. The van der Waals surface area contributed by atoms with Crippen molar-refractivity contribution in [1.29, 1.82) is 0 Å². The third-order valence-electron chi connectivity index (χ3n) is 6.88. The molecule has 2 fully saturated rings. The quantitative estimate of drug-likeness (QED) is 0.688. The van der Waals surface area contributed by atoms with E-state index in [0.717, 1.165) is 56.6 Å². The van der Waals surface area contributed by atoms with E-state index < -0.39 is 5.60 Å². The van der Waals surface area contributed by atoms with Gasteiger partial charge in [-0.1, -0.05) is 30.3 Å². The first-order chi connectivity index (χ1) is 15.6. The highest BCUT2D eigenvalue weighted by molar-refractivity contribution is 5.94. The first kappa shape index (κ1) is 20.8. The van der Waals surface area contributed by atoms with Crippen LogP contribution in [0.3, 0.4) is 0 Å². The highest BCUT2D eigenvalue weighted by Gasteiger charge is 2.38. The SMILES string of the molecule is O=C(c1ccc(-n2cncn2)cc1)N1CCC(N2CCC[C@@](O)(c3ccccc3)C2)CC1. The van der Waals surface area contributed by atoms with Gasteiger partial charge in [-0.3, -0.25) is 9.69 Å². The summed E-state index contributed by atoms with van der Waals surface area (Å²) in [7, 11) is 0. The molecule has 0 unspecified atom stereocenters. The molecule has 2 aromatic carbocycles. The van der Waals surface area contributed by atoms with Crippen molar-refractivity contribution in [3.05, 3.63) is 78.4 Å². The Bertz CT molecular complexity index is 1030. The largest absolute Gasteiger partial charge is 0.384 e. The van der Waals surface area contributed by atoms with E-state index in [1.165, 1.54) is 6.33 Å². The maximum Gasteiger partial charge on any atom is 0.253 e. The van der Waals surface area contributed by atoms with Gasteiger partial charge in [0.2, 0.25) is 0 Å². The third kappa shape index (κ3) is 4.18. The van der Waals surface area contributed by atoms with Crippen molar-refractivity contribution < 1.29 is 9.90 Å². The lowest BCUT2D eigenvalue weighted by Gasteiger charge is -2.45. The van der Waals surface area contributed by atoms with Gasteiger partial charge in [-0.05, 0) is 62.1 Å². The second kappa shape index (κ2) is 8.84. The van der Waals surface area contributed by atoms with E-state index in [9.17, 15) is 9.90 Å². The van der Waals surface area contributed by atoms with Crippen molar-refractivity contribution in [2.75, 3.05) is 26.2 Å². The second-order valence-corrected chi connectivity index (χ2v) is 8.88. The smallest absolute Gasteiger partial charge is 0.253 e. The molecule has 32 heavy (non-hydrogen) atoms. The van der Waals surface area contributed by atoms with Crippen molar-refractivity contribution in [3.63, 3.8) is 0 Å². The van der Waals surface area contributed by atoms with Crippen LogP contribution in [0.4, 0.5) is 0 Å². The lowest BCUT2D eigenvalue weighted by atomic mass is 9.84. The van der Waals surface area contributed by atoms with Gasteiger partial charge in [-0.2, -0.15) is 5.10 Å². The number of carbonyl (C=O) groups excluding carboxylic acids is 1. The molecule has 0 aliphatic carbocycles. The molecule has 5 rings (SSSR count). The molecular formula is C25H29N5O2. The fourth-order valence-electron chi connectivity index (χ4n) is 5.08. The number of piperidine rings is 2. The van der Waals surface area contributed by atoms with Gasteiger partial charge in [0.15, 0.2) is 0 Å². The summed E-state index contributed by atoms with van der Waals surface area (Å²) in [6.07, 6.45) is 6.80. The van der Waals surface area contributed by atoms with Gasteiger partial charge in [0.05, 0.1) is 5.69 Å². The Labute approximate surface area is 188 Å². The number of benzene rings is 2. The minimum absolute atomic E-state index is 0.0769. The predicted molar refractivity (Wildman–Crippen MR) is 121 cm³/mol. The zero-order valence-electron chi connectivity index (χ0n) is 18.2. The summed E-state index contributed by atoms with van der Waals surface area (Å²) in [5.74, 6) is 0.0769. The third-order valence-corrected chi connectivity index (χ3v) is 6.88. The highest BCUT2D eigenvalue weighted by atomic mass is 16.3. The zero-order valence-corrected chi connectivity index (χ0v) is 18.2. The van der Waals surface area contributed by atoms with Crippen LogP contribution in [0.25, 0.3) is 5.69 Å². The lowest BCUT2D eigenvalue weighted by Crippen LogP contribution is -2.53. The Hall–Kier alpha value is -3.03. The molecule has 1 N–H and O–H groups in total. The first-order valence-corrected chi connectivity index (χ1v) is 11.4. The monoisotopic (exact) mass is 431 g/mol. The summed E-state index contributed by atoms with van der Waals surface area (Å²) in [6.45, 7) is 3.17. The van der Waals surface area contributed by atoms with E-state index in [1.54, 1.807) is 11.0 Å². The van der Waals surface area contributed by atoms with Gasteiger partial charge >= 0.3 is 0 Å². The molecule has 0 spiro atoms. The molecule has 3 aromatic rings. The second-order valence-electron chi connectivity index (χ2n) is 8.88. The van der Waals surface area contributed by atoms with Crippen molar-refractivity contribution in [2.45, 2.75) is 37.3 Å². The van der Waals surface area contributed by atoms with Crippen LogP contribution < -0.4 is 0 Å². The summed E-state index contributed by atoms with van der Waals surface area (Å²) in [5.41, 5.74) is 1.81. The van der Waals surface area contributed by atoms with E-state index in [0.29, 0.717) is 18.2 Å². The van der Waals surface area contributed by atoms with Crippen LogP contribution in [0, 0.1) is 0 Å². The van der Waals surface area contributed by atoms with E-state index in [-0.39, 0.29) is 5.91 Å². The number of aromatic nitrogens is 3. The normalized spacial score (nSPS) is 22.7. The number of rotatable bonds is 4.